The molecule has 0 aromatic heterocycles. The van der Waals surface area contributed by atoms with Crippen LogP contribution in [0.4, 0.5) is 5.69 Å². The highest BCUT2D eigenvalue weighted by Gasteiger charge is 1.98. The largest absolute Gasteiger partial charge is 0.491 e. The summed E-state index contributed by atoms with van der Waals surface area (Å²) in [5, 5.41) is 3.44. The van der Waals surface area contributed by atoms with Gasteiger partial charge in [0.25, 0.3) is 0 Å². The van der Waals surface area contributed by atoms with Gasteiger partial charge in [0.15, 0.2) is 0 Å². The zero-order valence-corrected chi connectivity index (χ0v) is 13.0. The van der Waals surface area contributed by atoms with E-state index in [-0.39, 0.29) is 0 Å². The Hall–Kier alpha value is -2.00. The Bertz CT molecular complexity index is 564. The molecular formula is C18H23NO2. The highest BCUT2D eigenvalue weighted by atomic mass is 16.5. The second-order valence-electron chi connectivity index (χ2n) is 5.14. The molecule has 0 aliphatic heterocycles. The summed E-state index contributed by atoms with van der Waals surface area (Å²) >= 11 is 0. The number of aryl methyl sites for hydroxylation is 2. The van der Waals surface area contributed by atoms with Crippen molar-refractivity contribution in [1.29, 1.82) is 0 Å². The highest BCUT2D eigenvalue weighted by molar-refractivity contribution is 5.48. The van der Waals surface area contributed by atoms with E-state index in [1.54, 1.807) is 7.11 Å². The van der Waals surface area contributed by atoms with Gasteiger partial charge >= 0.3 is 0 Å². The van der Waals surface area contributed by atoms with Crippen LogP contribution in [0, 0.1) is 13.8 Å². The number of benzene rings is 2. The quantitative estimate of drug-likeness (QED) is 0.782. The normalized spacial score (nSPS) is 10.4. The molecule has 0 aliphatic rings. The molecule has 0 saturated carbocycles. The fraction of sp³-hybridized carbons (Fsp3) is 0.333. The van der Waals surface area contributed by atoms with E-state index < -0.39 is 0 Å². The zero-order valence-electron chi connectivity index (χ0n) is 13.0. The average molecular weight is 285 g/mol. The number of methoxy groups -OCH3 is 1. The van der Waals surface area contributed by atoms with Gasteiger partial charge in [-0.1, -0.05) is 18.2 Å². The van der Waals surface area contributed by atoms with Gasteiger partial charge in [-0.15, -0.1) is 0 Å². The summed E-state index contributed by atoms with van der Waals surface area (Å²) in [6.45, 7) is 6.25. The van der Waals surface area contributed by atoms with Crippen molar-refractivity contribution < 1.29 is 9.47 Å². The van der Waals surface area contributed by atoms with Crippen molar-refractivity contribution >= 4 is 5.69 Å². The summed E-state index contributed by atoms with van der Waals surface area (Å²) in [7, 11) is 1.67. The predicted octanol–water partition coefficient (Wildman–Crippen LogP) is 3.94. The second-order valence-corrected chi connectivity index (χ2v) is 5.14. The summed E-state index contributed by atoms with van der Waals surface area (Å²) in [6.07, 6.45) is 0. The lowest BCUT2D eigenvalue weighted by atomic mass is 10.1. The number of nitrogens with one attached hydrogen (secondary N) is 1. The highest BCUT2D eigenvalue weighted by Crippen LogP contribution is 2.16. The van der Waals surface area contributed by atoms with Crippen LogP contribution in [0.1, 0.15) is 16.7 Å². The van der Waals surface area contributed by atoms with E-state index in [0.717, 1.165) is 18.0 Å². The van der Waals surface area contributed by atoms with E-state index in [1.807, 2.05) is 12.1 Å². The zero-order chi connectivity index (χ0) is 15.1. The Kier molecular flexibility index (Phi) is 5.64. The Balaban J connectivity index is 1.86. The van der Waals surface area contributed by atoms with Crippen LogP contribution in [0.5, 0.6) is 5.75 Å². The van der Waals surface area contributed by atoms with Crippen molar-refractivity contribution in [2.45, 2.75) is 20.4 Å². The summed E-state index contributed by atoms with van der Waals surface area (Å²) in [4.78, 5) is 0. The minimum atomic E-state index is 0.580. The first kappa shape index (κ1) is 15.4. The summed E-state index contributed by atoms with van der Waals surface area (Å²) in [6, 6.07) is 14.6. The average Bonchev–Trinajstić information content (AvgIpc) is 2.50. The molecule has 2 aromatic rings. The molecule has 3 nitrogen and oxygen atoms in total. The van der Waals surface area contributed by atoms with Crippen molar-refractivity contribution in [1.82, 2.24) is 0 Å². The second kappa shape index (κ2) is 7.70. The Labute approximate surface area is 126 Å². The smallest absolute Gasteiger partial charge is 0.119 e. The molecule has 3 heteroatoms. The van der Waals surface area contributed by atoms with Crippen LogP contribution in [-0.4, -0.2) is 20.3 Å². The third-order valence-corrected chi connectivity index (χ3v) is 3.48. The molecule has 21 heavy (non-hydrogen) atoms. The minimum absolute atomic E-state index is 0.580. The Morgan fingerprint density at radius 1 is 0.905 bits per heavy atom. The molecule has 0 amide bonds. The molecule has 0 spiro atoms. The first-order valence-electron chi connectivity index (χ1n) is 7.21. The number of ether oxygens (including phenoxy) is 2. The van der Waals surface area contributed by atoms with Crippen LogP contribution in [-0.2, 0) is 11.3 Å². The van der Waals surface area contributed by atoms with Gasteiger partial charge in [0, 0.05) is 19.3 Å². The van der Waals surface area contributed by atoms with Crippen LogP contribution < -0.4 is 10.1 Å². The summed E-state index contributed by atoms with van der Waals surface area (Å²) in [5.41, 5.74) is 5.01. The number of hydrogen-bond acceptors (Lipinski definition) is 3. The summed E-state index contributed by atoms with van der Waals surface area (Å²) in [5.74, 6) is 0.877. The van der Waals surface area contributed by atoms with Gasteiger partial charge in [0.2, 0.25) is 0 Å². The van der Waals surface area contributed by atoms with E-state index in [0.29, 0.717) is 13.2 Å². The first-order valence-corrected chi connectivity index (χ1v) is 7.21. The minimum Gasteiger partial charge on any atom is -0.491 e. The van der Waals surface area contributed by atoms with Crippen molar-refractivity contribution in [2.24, 2.45) is 0 Å². The maximum absolute atomic E-state index is 5.55. The lowest BCUT2D eigenvalue weighted by molar-refractivity contribution is 0.146. The van der Waals surface area contributed by atoms with Gasteiger partial charge < -0.3 is 14.8 Å². The van der Waals surface area contributed by atoms with E-state index in [2.05, 4.69) is 49.5 Å². The van der Waals surface area contributed by atoms with Crippen molar-refractivity contribution in [3.63, 3.8) is 0 Å². The molecule has 0 heterocycles. The third kappa shape index (κ3) is 4.80. The van der Waals surface area contributed by atoms with Crippen molar-refractivity contribution in [2.75, 3.05) is 25.6 Å². The van der Waals surface area contributed by atoms with Gasteiger partial charge in [-0.3, -0.25) is 0 Å². The molecule has 0 fully saturated rings. The Morgan fingerprint density at radius 3 is 2.33 bits per heavy atom. The molecule has 112 valence electrons. The fourth-order valence-corrected chi connectivity index (χ4v) is 2.00. The molecular weight excluding hydrogens is 262 g/mol. The predicted molar refractivity (Wildman–Crippen MR) is 87.1 cm³/mol. The molecule has 0 bridgehead atoms. The van der Waals surface area contributed by atoms with E-state index in [1.165, 1.54) is 16.7 Å². The van der Waals surface area contributed by atoms with E-state index >= 15 is 0 Å². The SMILES string of the molecule is COCCOc1ccc(CNc2ccc(C)c(C)c2)cc1. The maximum Gasteiger partial charge on any atom is 0.119 e. The molecule has 0 unspecified atom stereocenters. The van der Waals surface area contributed by atoms with E-state index in [4.69, 9.17) is 9.47 Å². The van der Waals surface area contributed by atoms with E-state index in [9.17, 15) is 0 Å². The van der Waals surface area contributed by atoms with Crippen LogP contribution in [0.3, 0.4) is 0 Å². The summed E-state index contributed by atoms with van der Waals surface area (Å²) < 4.78 is 10.5. The van der Waals surface area contributed by atoms with Crippen LogP contribution in [0.2, 0.25) is 0 Å². The van der Waals surface area contributed by atoms with Gasteiger partial charge in [0.05, 0.1) is 6.61 Å². The molecule has 2 aromatic carbocycles. The molecule has 0 radical (unpaired) electrons. The van der Waals surface area contributed by atoms with Crippen LogP contribution >= 0.6 is 0 Å². The topological polar surface area (TPSA) is 30.5 Å². The first-order chi connectivity index (χ1) is 10.2. The van der Waals surface area contributed by atoms with Gasteiger partial charge in [0.1, 0.15) is 12.4 Å². The van der Waals surface area contributed by atoms with Gasteiger partial charge in [-0.2, -0.15) is 0 Å². The number of anilines is 1. The Morgan fingerprint density at radius 2 is 1.67 bits per heavy atom. The molecule has 2 rings (SSSR count). The van der Waals surface area contributed by atoms with Crippen molar-refractivity contribution in [3.05, 3.63) is 59.2 Å². The van der Waals surface area contributed by atoms with Crippen LogP contribution in [0.25, 0.3) is 0 Å². The van der Waals surface area contributed by atoms with Crippen molar-refractivity contribution in [3.8, 4) is 5.75 Å². The van der Waals surface area contributed by atoms with Gasteiger partial charge in [-0.05, 0) is 54.8 Å². The van der Waals surface area contributed by atoms with Gasteiger partial charge in [-0.25, -0.2) is 0 Å². The molecule has 0 aliphatic carbocycles. The molecule has 1 N–H and O–H groups in total. The standard InChI is InChI=1S/C18H23NO2/c1-14-4-7-17(12-15(14)2)19-13-16-5-8-18(9-6-16)21-11-10-20-3/h4-9,12,19H,10-11,13H2,1-3H3. The molecule has 0 atom stereocenters. The third-order valence-electron chi connectivity index (χ3n) is 3.48. The maximum atomic E-state index is 5.55. The van der Waals surface area contributed by atoms with Crippen LogP contribution in [0.15, 0.2) is 42.5 Å². The monoisotopic (exact) mass is 285 g/mol. The number of hydrogen-bond donors (Lipinski definition) is 1. The lowest BCUT2D eigenvalue weighted by Gasteiger charge is -2.10. The lowest BCUT2D eigenvalue weighted by Crippen LogP contribution is -2.04. The fourth-order valence-electron chi connectivity index (χ4n) is 2.00. The molecule has 0 saturated heterocycles. The number of rotatable bonds is 7.